The third kappa shape index (κ3) is 6.41. The summed E-state index contributed by atoms with van der Waals surface area (Å²) < 4.78 is 52.7. The predicted octanol–water partition coefficient (Wildman–Crippen LogP) is 6.52. The second-order valence-electron chi connectivity index (χ2n) is 13.6. The summed E-state index contributed by atoms with van der Waals surface area (Å²) in [6, 6.07) is 18.2. The number of alkyl halides is 3. The number of nitrogens with zero attached hydrogens (tertiary/aromatic N) is 2. The Balaban J connectivity index is 1.27. The van der Waals surface area contributed by atoms with Crippen LogP contribution in [0.15, 0.2) is 54.6 Å². The Morgan fingerprint density at radius 2 is 1.61 bits per heavy atom. The Hall–Kier alpha value is -2.91. The second-order valence-corrected chi connectivity index (χ2v) is 13.6. The summed E-state index contributed by atoms with van der Waals surface area (Å²) in [5.41, 5.74) is -0.239. The molecule has 5 rings (SSSR count). The second kappa shape index (κ2) is 12.8. The summed E-state index contributed by atoms with van der Waals surface area (Å²) in [5, 5.41) is 0. The first kappa shape index (κ1) is 32.5. The zero-order valence-electron chi connectivity index (χ0n) is 26.1. The summed E-state index contributed by atoms with van der Waals surface area (Å²) in [7, 11) is 0. The molecule has 240 valence electrons. The van der Waals surface area contributed by atoms with Crippen LogP contribution in [0.5, 0.6) is 0 Å². The van der Waals surface area contributed by atoms with Crippen molar-refractivity contribution in [3.05, 3.63) is 71.3 Å². The molecule has 0 bridgehead atoms. The van der Waals surface area contributed by atoms with Crippen LogP contribution < -0.4 is 0 Å². The lowest BCUT2D eigenvalue weighted by molar-refractivity contribution is -0.223. The first-order valence-electron chi connectivity index (χ1n) is 15.9. The number of carbonyl (C=O) groups is 2. The van der Waals surface area contributed by atoms with E-state index in [0.717, 1.165) is 70.2 Å². The Bertz CT molecular complexity index is 1300. The molecule has 2 aromatic carbocycles. The summed E-state index contributed by atoms with van der Waals surface area (Å²) in [6.07, 6.45) is 0.0368. The number of esters is 1. The van der Waals surface area contributed by atoms with Gasteiger partial charge in [-0.1, -0.05) is 73.9 Å². The van der Waals surface area contributed by atoms with Gasteiger partial charge in [0.25, 0.3) is 0 Å². The van der Waals surface area contributed by atoms with Crippen LogP contribution in [0.2, 0.25) is 0 Å². The molecule has 1 amide bonds. The number of carbonyl (C=O) groups excluding carboxylic acids is 2. The minimum atomic E-state index is -4.61. The number of benzene rings is 2. The maximum Gasteiger partial charge on any atom is 0.402 e. The maximum absolute atomic E-state index is 13.6. The van der Waals surface area contributed by atoms with E-state index in [2.05, 4.69) is 23.1 Å². The standard InChI is InChI=1S/C35H45F3N2O4/c1-4-44-31(42)34(16-9-6-10-17-34)28-15-11-14-27(18-28)21-43-22-29-20-39(19-26-12-7-5-8-13-26)23-33(29)24-40(25-33)30(41)32(2,3)35(36,37)38/h5,7-8,11-15,18,29H,4,6,9-10,16-17,19-25H2,1-3H3/t29-/m0/s1. The highest BCUT2D eigenvalue weighted by Gasteiger charge is 2.61. The maximum atomic E-state index is 13.6. The Kier molecular flexibility index (Phi) is 9.47. The van der Waals surface area contributed by atoms with E-state index in [4.69, 9.17) is 9.47 Å². The van der Waals surface area contributed by atoms with Crippen LogP contribution in [-0.2, 0) is 37.6 Å². The van der Waals surface area contributed by atoms with E-state index in [0.29, 0.717) is 39.5 Å². The molecule has 2 saturated heterocycles. The van der Waals surface area contributed by atoms with Crippen LogP contribution in [0.3, 0.4) is 0 Å². The number of rotatable bonds is 10. The third-order valence-corrected chi connectivity index (χ3v) is 10.1. The zero-order chi connectivity index (χ0) is 31.6. The molecule has 0 aromatic heterocycles. The zero-order valence-corrected chi connectivity index (χ0v) is 26.1. The Labute approximate surface area is 258 Å². The van der Waals surface area contributed by atoms with Crippen molar-refractivity contribution in [1.82, 2.24) is 9.80 Å². The minimum Gasteiger partial charge on any atom is -0.465 e. The first-order chi connectivity index (χ1) is 20.9. The van der Waals surface area contributed by atoms with Crippen molar-refractivity contribution in [2.24, 2.45) is 16.7 Å². The molecular formula is C35H45F3N2O4. The molecule has 2 heterocycles. The van der Waals surface area contributed by atoms with Crippen molar-refractivity contribution < 1.29 is 32.2 Å². The van der Waals surface area contributed by atoms with E-state index in [1.807, 2.05) is 43.3 Å². The van der Waals surface area contributed by atoms with Gasteiger partial charge in [0.05, 0.1) is 25.2 Å². The topological polar surface area (TPSA) is 59.1 Å². The highest BCUT2D eigenvalue weighted by molar-refractivity contribution is 5.84. The van der Waals surface area contributed by atoms with Gasteiger partial charge in [-0.2, -0.15) is 13.2 Å². The predicted molar refractivity (Wildman–Crippen MR) is 162 cm³/mol. The monoisotopic (exact) mass is 614 g/mol. The van der Waals surface area contributed by atoms with E-state index in [1.54, 1.807) is 0 Å². The number of likely N-dealkylation sites (tertiary alicyclic amines) is 2. The summed E-state index contributed by atoms with van der Waals surface area (Å²) >= 11 is 0. The van der Waals surface area contributed by atoms with E-state index < -0.39 is 22.9 Å². The van der Waals surface area contributed by atoms with E-state index in [1.165, 1.54) is 10.5 Å². The molecule has 1 saturated carbocycles. The molecule has 2 aromatic rings. The molecule has 0 N–H and O–H groups in total. The lowest BCUT2D eigenvalue weighted by atomic mass is 9.69. The molecule has 1 aliphatic carbocycles. The third-order valence-electron chi connectivity index (χ3n) is 10.1. The van der Waals surface area contributed by atoms with Crippen LogP contribution in [-0.4, -0.2) is 67.2 Å². The normalized spacial score (nSPS) is 21.7. The quantitative estimate of drug-likeness (QED) is 0.286. The average molecular weight is 615 g/mol. The number of hydrogen-bond donors (Lipinski definition) is 0. The smallest absolute Gasteiger partial charge is 0.402 e. The van der Waals surface area contributed by atoms with Crippen molar-refractivity contribution in [3.63, 3.8) is 0 Å². The van der Waals surface area contributed by atoms with Gasteiger partial charge in [-0.3, -0.25) is 14.5 Å². The molecule has 3 aliphatic rings. The lowest BCUT2D eigenvalue weighted by Gasteiger charge is -2.53. The summed E-state index contributed by atoms with van der Waals surface area (Å²) in [6.45, 7) is 7.67. The molecular weight excluding hydrogens is 569 g/mol. The molecule has 0 unspecified atom stereocenters. The molecule has 3 fully saturated rings. The fraction of sp³-hybridized carbons (Fsp3) is 0.600. The van der Waals surface area contributed by atoms with Gasteiger partial charge < -0.3 is 14.4 Å². The van der Waals surface area contributed by atoms with Crippen molar-refractivity contribution >= 4 is 11.9 Å². The van der Waals surface area contributed by atoms with Crippen LogP contribution in [0, 0.1) is 16.7 Å². The van der Waals surface area contributed by atoms with Crippen LogP contribution in [0.1, 0.15) is 69.6 Å². The van der Waals surface area contributed by atoms with Gasteiger partial charge >= 0.3 is 12.1 Å². The van der Waals surface area contributed by atoms with Crippen molar-refractivity contribution in [2.45, 2.75) is 77.6 Å². The highest BCUT2D eigenvalue weighted by Crippen LogP contribution is 2.48. The van der Waals surface area contributed by atoms with E-state index in [-0.39, 0.29) is 17.3 Å². The minimum absolute atomic E-state index is 0.0664. The Morgan fingerprint density at radius 3 is 2.27 bits per heavy atom. The number of ether oxygens (including phenoxy) is 2. The molecule has 0 radical (unpaired) electrons. The highest BCUT2D eigenvalue weighted by atomic mass is 19.4. The summed E-state index contributed by atoms with van der Waals surface area (Å²) in [4.78, 5) is 29.7. The fourth-order valence-corrected chi connectivity index (χ4v) is 7.38. The van der Waals surface area contributed by atoms with Gasteiger partial charge in [-0.25, -0.2) is 0 Å². The number of amides is 1. The molecule has 9 heteroatoms. The van der Waals surface area contributed by atoms with Gasteiger partial charge in [0.2, 0.25) is 5.91 Å². The molecule has 1 spiro atoms. The molecule has 2 aliphatic heterocycles. The van der Waals surface area contributed by atoms with Crippen molar-refractivity contribution in [2.75, 3.05) is 39.4 Å². The average Bonchev–Trinajstić information content (AvgIpc) is 3.34. The Morgan fingerprint density at radius 1 is 0.932 bits per heavy atom. The largest absolute Gasteiger partial charge is 0.465 e. The number of hydrogen-bond acceptors (Lipinski definition) is 5. The van der Waals surface area contributed by atoms with Gasteiger partial charge in [-0.15, -0.1) is 0 Å². The van der Waals surface area contributed by atoms with Crippen LogP contribution in [0.4, 0.5) is 13.2 Å². The van der Waals surface area contributed by atoms with E-state index in [9.17, 15) is 22.8 Å². The fourth-order valence-electron chi connectivity index (χ4n) is 7.38. The van der Waals surface area contributed by atoms with Gasteiger partial charge in [0.1, 0.15) is 5.41 Å². The lowest BCUT2D eigenvalue weighted by Crippen LogP contribution is -2.65. The molecule has 44 heavy (non-hydrogen) atoms. The number of halogens is 3. The van der Waals surface area contributed by atoms with Crippen molar-refractivity contribution in [3.8, 4) is 0 Å². The van der Waals surface area contributed by atoms with Crippen LogP contribution in [0.25, 0.3) is 0 Å². The first-order valence-corrected chi connectivity index (χ1v) is 15.9. The summed E-state index contributed by atoms with van der Waals surface area (Å²) in [5.74, 6) is -0.953. The van der Waals surface area contributed by atoms with Gasteiger partial charge in [0.15, 0.2) is 0 Å². The van der Waals surface area contributed by atoms with Gasteiger partial charge in [0, 0.05) is 44.1 Å². The molecule has 1 atom stereocenters. The molecule has 6 nitrogen and oxygen atoms in total. The van der Waals surface area contributed by atoms with Gasteiger partial charge in [-0.05, 0) is 50.3 Å². The van der Waals surface area contributed by atoms with Crippen molar-refractivity contribution in [1.29, 1.82) is 0 Å². The van der Waals surface area contributed by atoms with E-state index >= 15 is 0 Å². The van der Waals surface area contributed by atoms with Crippen LogP contribution >= 0.6 is 0 Å². The SMILES string of the molecule is CCOC(=O)C1(c2cccc(COC[C@@H]3CN(Cc4ccccc4)CC34CN(C(=O)C(C)(C)C(F)(F)F)C4)c2)CCCCC1.